The van der Waals surface area contributed by atoms with Crippen molar-refractivity contribution in [3.05, 3.63) is 54.0 Å². The number of carbonyl (C=O) groups is 2. The van der Waals surface area contributed by atoms with Crippen LogP contribution in [0.5, 0.6) is 0 Å². The molecular weight excluding hydrogens is 316 g/mol. The molecule has 2 rings (SSSR count). The summed E-state index contributed by atoms with van der Waals surface area (Å²) in [5.74, 6) is 0.519. The van der Waals surface area contributed by atoms with Gasteiger partial charge in [-0.15, -0.1) is 0 Å². The summed E-state index contributed by atoms with van der Waals surface area (Å²) < 4.78 is 5.04. The van der Waals surface area contributed by atoms with E-state index in [1.807, 2.05) is 6.92 Å². The predicted molar refractivity (Wildman–Crippen MR) is 98.7 cm³/mol. The van der Waals surface area contributed by atoms with E-state index in [0.29, 0.717) is 17.2 Å². The highest BCUT2D eigenvalue weighted by Gasteiger charge is 2.12. The van der Waals surface area contributed by atoms with Gasteiger partial charge in [-0.05, 0) is 55.7 Å². The van der Waals surface area contributed by atoms with Gasteiger partial charge in [-0.2, -0.15) is 0 Å². The highest BCUT2D eigenvalue weighted by Crippen LogP contribution is 2.13. The van der Waals surface area contributed by atoms with Crippen molar-refractivity contribution < 1.29 is 14.0 Å². The normalized spacial score (nSPS) is 12.0. The molecule has 0 aliphatic heterocycles. The number of nitrogens with one attached hydrogen (secondary N) is 2. The largest absolute Gasteiger partial charge is 0.459 e. The number of furan rings is 1. The van der Waals surface area contributed by atoms with Crippen LogP contribution in [0.25, 0.3) is 0 Å². The molecule has 0 saturated heterocycles. The highest BCUT2D eigenvalue weighted by atomic mass is 16.3. The lowest BCUT2D eigenvalue weighted by atomic mass is 10.0. The Kier molecular flexibility index (Phi) is 6.81. The summed E-state index contributed by atoms with van der Waals surface area (Å²) in [6, 6.07) is 10.2. The second-order valence-corrected chi connectivity index (χ2v) is 6.71. The van der Waals surface area contributed by atoms with Crippen LogP contribution in [0.4, 0.5) is 5.69 Å². The first-order valence-electron chi connectivity index (χ1n) is 8.71. The van der Waals surface area contributed by atoms with Crippen molar-refractivity contribution in [2.24, 2.45) is 5.92 Å². The molecule has 2 aromatic rings. The maximum atomic E-state index is 12.3. The van der Waals surface area contributed by atoms with Crippen LogP contribution in [-0.4, -0.2) is 17.9 Å². The van der Waals surface area contributed by atoms with E-state index in [1.165, 1.54) is 12.7 Å². The Labute approximate surface area is 148 Å². The summed E-state index contributed by atoms with van der Waals surface area (Å²) in [5.41, 5.74) is 1.19. The van der Waals surface area contributed by atoms with Crippen LogP contribution in [-0.2, 0) is 0 Å². The molecule has 1 unspecified atom stereocenters. The molecule has 1 atom stereocenters. The summed E-state index contributed by atoms with van der Waals surface area (Å²) in [4.78, 5) is 24.2. The summed E-state index contributed by atoms with van der Waals surface area (Å²) >= 11 is 0. The third kappa shape index (κ3) is 6.10. The fourth-order valence-electron chi connectivity index (χ4n) is 2.52. The van der Waals surface area contributed by atoms with Crippen LogP contribution in [0.3, 0.4) is 0 Å². The Morgan fingerprint density at radius 2 is 1.72 bits per heavy atom. The molecule has 5 nitrogen and oxygen atoms in total. The lowest BCUT2D eigenvalue weighted by molar-refractivity contribution is 0.0937. The van der Waals surface area contributed by atoms with E-state index in [4.69, 9.17) is 4.42 Å². The number of rotatable bonds is 8. The minimum Gasteiger partial charge on any atom is -0.459 e. The molecule has 134 valence electrons. The zero-order valence-corrected chi connectivity index (χ0v) is 15.0. The molecule has 25 heavy (non-hydrogen) atoms. The molecule has 0 aliphatic carbocycles. The summed E-state index contributed by atoms with van der Waals surface area (Å²) in [6.45, 7) is 6.43. The van der Waals surface area contributed by atoms with Gasteiger partial charge in [0.05, 0.1) is 6.26 Å². The van der Waals surface area contributed by atoms with Crippen molar-refractivity contribution in [3.63, 3.8) is 0 Å². The molecule has 1 heterocycles. The average molecular weight is 342 g/mol. The van der Waals surface area contributed by atoms with Gasteiger partial charge < -0.3 is 15.1 Å². The van der Waals surface area contributed by atoms with Crippen molar-refractivity contribution in [2.45, 2.75) is 46.1 Å². The second kappa shape index (κ2) is 9.06. The Balaban J connectivity index is 1.84. The number of hydrogen-bond acceptors (Lipinski definition) is 3. The van der Waals surface area contributed by atoms with Crippen LogP contribution in [0.2, 0.25) is 0 Å². The lowest BCUT2D eigenvalue weighted by Gasteiger charge is -2.14. The van der Waals surface area contributed by atoms with Crippen LogP contribution in [0.15, 0.2) is 47.1 Å². The van der Waals surface area contributed by atoms with Gasteiger partial charge in [0.2, 0.25) is 0 Å². The first-order chi connectivity index (χ1) is 12.0. The molecular formula is C20H26N2O3. The van der Waals surface area contributed by atoms with Crippen LogP contribution >= 0.6 is 0 Å². The molecule has 2 N–H and O–H groups in total. The SMILES string of the molecule is CC(C)CCCC(C)NC(=O)c1ccc(NC(=O)c2ccco2)cc1. The van der Waals surface area contributed by atoms with Crippen LogP contribution in [0, 0.1) is 5.92 Å². The maximum Gasteiger partial charge on any atom is 0.291 e. The molecule has 0 radical (unpaired) electrons. The van der Waals surface area contributed by atoms with E-state index in [0.717, 1.165) is 12.8 Å². The van der Waals surface area contributed by atoms with E-state index in [-0.39, 0.29) is 23.6 Å². The highest BCUT2D eigenvalue weighted by molar-refractivity contribution is 6.02. The topological polar surface area (TPSA) is 71.3 Å². The number of hydrogen-bond donors (Lipinski definition) is 2. The van der Waals surface area contributed by atoms with Crippen molar-refractivity contribution >= 4 is 17.5 Å². The molecule has 0 saturated carbocycles. The molecule has 1 aromatic carbocycles. The molecule has 2 amide bonds. The van der Waals surface area contributed by atoms with Gasteiger partial charge in [0.25, 0.3) is 11.8 Å². The van der Waals surface area contributed by atoms with Gasteiger partial charge in [-0.3, -0.25) is 9.59 Å². The van der Waals surface area contributed by atoms with E-state index in [1.54, 1.807) is 36.4 Å². The van der Waals surface area contributed by atoms with Crippen molar-refractivity contribution in [3.8, 4) is 0 Å². The van der Waals surface area contributed by atoms with E-state index in [9.17, 15) is 9.59 Å². The molecule has 0 fully saturated rings. The summed E-state index contributed by atoms with van der Waals surface area (Å²) in [5, 5.41) is 5.74. The van der Waals surface area contributed by atoms with Crippen LogP contribution < -0.4 is 10.6 Å². The second-order valence-electron chi connectivity index (χ2n) is 6.71. The Morgan fingerprint density at radius 3 is 2.32 bits per heavy atom. The number of benzene rings is 1. The van der Waals surface area contributed by atoms with Gasteiger partial charge in [-0.1, -0.05) is 26.7 Å². The maximum absolute atomic E-state index is 12.3. The van der Waals surface area contributed by atoms with Gasteiger partial charge >= 0.3 is 0 Å². The van der Waals surface area contributed by atoms with Gasteiger partial charge in [0.1, 0.15) is 0 Å². The first kappa shape index (κ1) is 18.8. The van der Waals surface area contributed by atoms with E-state index >= 15 is 0 Å². The standard InChI is InChI=1S/C20H26N2O3/c1-14(2)6-4-7-15(3)21-19(23)16-9-11-17(12-10-16)22-20(24)18-8-5-13-25-18/h5,8-15H,4,6-7H2,1-3H3,(H,21,23)(H,22,24). The fourth-order valence-corrected chi connectivity index (χ4v) is 2.52. The summed E-state index contributed by atoms with van der Waals surface area (Å²) in [6.07, 6.45) is 4.70. The van der Waals surface area contributed by atoms with Gasteiger partial charge in [0.15, 0.2) is 5.76 Å². The first-order valence-corrected chi connectivity index (χ1v) is 8.71. The van der Waals surface area contributed by atoms with Gasteiger partial charge in [-0.25, -0.2) is 0 Å². The molecule has 5 heteroatoms. The number of amides is 2. The Hall–Kier alpha value is -2.56. The van der Waals surface area contributed by atoms with Gasteiger partial charge in [0, 0.05) is 17.3 Å². The minimum absolute atomic E-state index is 0.0963. The molecule has 0 bridgehead atoms. The molecule has 0 aliphatic rings. The third-order valence-corrected chi connectivity index (χ3v) is 3.95. The van der Waals surface area contributed by atoms with E-state index < -0.39 is 0 Å². The molecule has 0 spiro atoms. The van der Waals surface area contributed by atoms with Crippen molar-refractivity contribution in [1.29, 1.82) is 0 Å². The van der Waals surface area contributed by atoms with Crippen molar-refractivity contribution in [1.82, 2.24) is 5.32 Å². The zero-order chi connectivity index (χ0) is 18.2. The zero-order valence-electron chi connectivity index (χ0n) is 15.0. The Morgan fingerprint density at radius 1 is 1.00 bits per heavy atom. The minimum atomic E-state index is -0.319. The molecule has 1 aromatic heterocycles. The third-order valence-electron chi connectivity index (χ3n) is 3.95. The van der Waals surface area contributed by atoms with Crippen molar-refractivity contribution in [2.75, 3.05) is 5.32 Å². The van der Waals surface area contributed by atoms with E-state index in [2.05, 4.69) is 24.5 Å². The monoisotopic (exact) mass is 342 g/mol. The van der Waals surface area contributed by atoms with Crippen LogP contribution in [0.1, 0.15) is 60.9 Å². The summed E-state index contributed by atoms with van der Waals surface area (Å²) in [7, 11) is 0. The quantitative estimate of drug-likeness (QED) is 0.743. The predicted octanol–water partition coefficient (Wildman–Crippen LogP) is 4.48. The lowest BCUT2D eigenvalue weighted by Crippen LogP contribution is -2.32. The average Bonchev–Trinajstić information content (AvgIpc) is 3.09. The fraction of sp³-hybridized carbons (Fsp3) is 0.400. The smallest absolute Gasteiger partial charge is 0.291 e. The number of carbonyl (C=O) groups excluding carboxylic acids is 2. The Bertz CT molecular complexity index is 675. The number of anilines is 1.